The van der Waals surface area contributed by atoms with Crippen LogP contribution in [0.2, 0.25) is 0 Å². The fraction of sp³-hybridized carbons (Fsp3) is 0.565. The highest BCUT2D eigenvalue weighted by molar-refractivity contribution is 5.97. The quantitative estimate of drug-likeness (QED) is 0.535. The summed E-state index contributed by atoms with van der Waals surface area (Å²) in [6.07, 6.45) is -8.03. The third-order valence-electron chi connectivity index (χ3n) is 5.55. The first-order valence-electron chi connectivity index (χ1n) is 10.9. The molecule has 0 radical (unpaired) electrons. The van der Waals surface area contributed by atoms with Gasteiger partial charge in [0.05, 0.1) is 23.8 Å². The van der Waals surface area contributed by atoms with Crippen LogP contribution < -0.4 is 10.2 Å². The van der Waals surface area contributed by atoms with Crippen LogP contribution in [0.15, 0.2) is 29.3 Å². The molecule has 0 saturated carbocycles. The topological polar surface area (TPSA) is 57.8 Å². The van der Waals surface area contributed by atoms with Gasteiger partial charge in [0, 0.05) is 30.8 Å². The lowest BCUT2D eigenvalue weighted by molar-refractivity contribution is -0.153. The number of carbonyl (C=O) groups excluding carboxylic acids is 1. The second-order valence-electron chi connectivity index (χ2n) is 9.41. The maximum absolute atomic E-state index is 13.3. The normalized spacial score (nSPS) is 17.8. The van der Waals surface area contributed by atoms with E-state index in [2.05, 4.69) is 9.73 Å². The summed E-state index contributed by atoms with van der Waals surface area (Å²) < 4.78 is 91.6. The van der Waals surface area contributed by atoms with Gasteiger partial charge in [0.2, 0.25) is 0 Å². The first-order valence-corrected chi connectivity index (χ1v) is 10.9. The fourth-order valence-corrected chi connectivity index (χ4v) is 3.89. The molecule has 2 heterocycles. The van der Waals surface area contributed by atoms with Crippen molar-refractivity contribution >= 4 is 5.91 Å². The first-order chi connectivity index (χ1) is 16.1. The predicted molar refractivity (Wildman–Crippen MR) is 114 cm³/mol. The van der Waals surface area contributed by atoms with E-state index < -0.39 is 41.7 Å². The molecule has 1 aliphatic rings. The molecule has 0 aliphatic carbocycles. The minimum Gasteiger partial charge on any atom is -0.483 e. The predicted octanol–water partition coefficient (Wildman–Crippen LogP) is 5.00. The van der Waals surface area contributed by atoms with Crippen LogP contribution in [0.1, 0.15) is 55.2 Å². The summed E-state index contributed by atoms with van der Waals surface area (Å²) >= 11 is 0. The van der Waals surface area contributed by atoms with E-state index in [1.54, 1.807) is 22.5 Å². The van der Waals surface area contributed by atoms with Gasteiger partial charge < -0.3 is 9.47 Å². The van der Waals surface area contributed by atoms with E-state index in [0.29, 0.717) is 31.4 Å². The number of amides is 1. The van der Waals surface area contributed by atoms with Crippen LogP contribution in [0.5, 0.6) is 5.75 Å². The van der Waals surface area contributed by atoms with E-state index in [9.17, 15) is 31.1 Å². The molecular formula is C23H27F6N3O3. The molecule has 1 atom stereocenters. The third kappa shape index (κ3) is 6.68. The second-order valence-corrected chi connectivity index (χ2v) is 9.41. The summed E-state index contributed by atoms with van der Waals surface area (Å²) in [4.78, 5) is 17.1. The molecule has 194 valence electrons. The van der Waals surface area contributed by atoms with E-state index in [1.807, 2.05) is 20.8 Å². The molecule has 1 saturated heterocycles. The van der Waals surface area contributed by atoms with Crippen LogP contribution in [0.3, 0.4) is 0 Å². The van der Waals surface area contributed by atoms with Gasteiger partial charge in [0.25, 0.3) is 5.91 Å². The smallest absolute Gasteiger partial charge is 0.422 e. The molecule has 1 aromatic heterocycles. The van der Waals surface area contributed by atoms with Crippen LogP contribution >= 0.6 is 0 Å². The number of carbonyl (C=O) groups is 1. The Kier molecular flexibility index (Phi) is 7.45. The summed E-state index contributed by atoms with van der Waals surface area (Å²) in [6, 6.07) is 3.34. The number of benzene rings is 1. The average molecular weight is 507 g/mol. The summed E-state index contributed by atoms with van der Waals surface area (Å²) in [5.74, 6) is -1.79. The number of rotatable bonds is 5. The summed E-state index contributed by atoms with van der Waals surface area (Å²) in [6.45, 7) is 5.01. The molecule has 2 aromatic rings. The van der Waals surface area contributed by atoms with Crippen LogP contribution in [0.25, 0.3) is 0 Å². The lowest BCUT2D eigenvalue weighted by Crippen LogP contribution is -2.30. The fourth-order valence-electron chi connectivity index (χ4n) is 3.89. The van der Waals surface area contributed by atoms with Gasteiger partial charge in [-0.25, -0.2) is 0 Å². The maximum atomic E-state index is 13.3. The molecule has 6 nitrogen and oxygen atoms in total. The lowest BCUT2D eigenvalue weighted by Gasteiger charge is -2.21. The van der Waals surface area contributed by atoms with Crippen LogP contribution in [-0.4, -0.2) is 40.8 Å². The molecule has 1 fully saturated rings. The lowest BCUT2D eigenvalue weighted by atomic mass is 9.92. The van der Waals surface area contributed by atoms with Gasteiger partial charge >= 0.3 is 12.4 Å². The highest BCUT2D eigenvalue weighted by Gasteiger charge is 2.34. The number of aromatic nitrogens is 2. The number of hydrogen-bond acceptors (Lipinski definition) is 3. The zero-order chi connectivity index (χ0) is 26.2. The van der Waals surface area contributed by atoms with Crippen molar-refractivity contribution in [1.29, 1.82) is 0 Å². The van der Waals surface area contributed by atoms with Crippen molar-refractivity contribution in [3.63, 3.8) is 0 Å². The largest absolute Gasteiger partial charge is 0.483 e. The van der Waals surface area contributed by atoms with Crippen molar-refractivity contribution in [2.45, 2.75) is 64.0 Å². The van der Waals surface area contributed by atoms with Crippen molar-refractivity contribution in [3.8, 4) is 5.75 Å². The van der Waals surface area contributed by atoms with E-state index in [0.717, 1.165) is 18.5 Å². The molecular weight excluding hydrogens is 480 g/mol. The van der Waals surface area contributed by atoms with Crippen LogP contribution in [0.4, 0.5) is 26.3 Å². The number of nitrogens with zero attached hydrogens (tertiary/aromatic N) is 3. The SMILES string of the molecule is Cn1c(C(C)(C)C)cc(=NC(=O)c2cc(C(F)(F)F)ccc2OCC(F)(F)F)n1C[C@H]1CCCO1. The highest BCUT2D eigenvalue weighted by Crippen LogP contribution is 2.33. The van der Waals surface area contributed by atoms with Crippen LogP contribution in [-0.2, 0) is 29.9 Å². The standard InChI is InChI=1S/C23H27F6N3O3/c1-21(2,3)18-11-19(32(31(18)4)12-15-6-5-9-34-15)30-20(33)16-10-14(23(27,28)29)7-8-17(16)35-13-22(24,25)26/h7-8,10-11,15H,5-6,9,12-13H2,1-4H3/t15-/m1/s1. The Hall–Kier alpha value is -2.76. The van der Waals surface area contributed by atoms with Gasteiger partial charge in [-0.2, -0.15) is 31.3 Å². The number of alkyl halides is 6. The van der Waals surface area contributed by atoms with Crippen molar-refractivity contribution in [3.05, 3.63) is 46.6 Å². The van der Waals surface area contributed by atoms with Crippen molar-refractivity contribution in [1.82, 2.24) is 9.36 Å². The second kappa shape index (κ2) is 9.71. The first kappa shape index (κ1) is 26.8. The van der Waals surface area contributed by atoms with Crippen molar-refractivity contribution in [2.75, 3.05) is 13.2 Å². The third-order valence-corrected chi connectivity index (χ3v) is 5.55. The Labute approximate surface area is 198 Å². The van der Waals surface area contributed by atoms with E-state index in [-0.39, 0.29) is 17.0 Å². The molecule has 12 heteroatoms. The highest BCUT2D eigenvalue weighted by atomic mass is 19.4. The van der Waals surface area contributed by atoms with Crippen LogP contribution in [0, 0.1) is 0 Å². The van der Waals surface area contributed by atoms with Gasteiger partial charge in [-0.05, 0) is 31.0 Å². The molecule has 35 heavy (non-hydrogen) atoms. The molecule has 1 aliphatic heterocycles. The summed E-state index contributed by atoms with van der Waals surface area (Å²) in [5, 5.41) is 0. The summed E-state index contributed by atoms with van der Waals surface area (Å²) in [5.41, 5.74) is -1.34. The minimum absolute atomic E-state index is 0.135. The Morgan fingerprint density at radius 1 is 1.14 bits per heavy atom. The van der Waals surface area contributed by atoms with E-state index in [1.165, 1.54) is 0 Å². The Morgan fingerprint density at radius 2 is 1.83 bits per heavy atom. The molecule has 0 N–H and O–H groups in total. The number of hydrogen-bond donors (Lipinski definition) is 0. The van der Waals surface area contributed by atoms with Crippen molar-refractivity contribution in [2.24, 2.45) is 12.0 Å². The Morgan fingerprint density at radius 3 is 2.37 bits per heavy atom. The van der Waals surface area contributed by atoms with E-state index in [4.69, 9.17) is 4.74 Å². The van der Waals surface area contributed by atoms with Gasteiger partial charge in [-0.3, -0.25) is 14.2 Å². The zero-order valence-corrected chi connectivity index (χ0v) is 19.8. The monoisotopic (exact) mass is 507 g/mol. The van der Waals surface area contributed by atoms with Gasteiger partial charge in [-0.15, -0.1) is 0 Å². The molecule has 3 rings (SSSR count). The molecule has 0 bridgehead atoms. The van der Waals surface area contributed by atoms with Gasteiger partial charge in [0.15, 0.2) is 12.1 Å². The Balaban J connectivity index is 2.10. The zero-order valence-electron chi connectivity index (χ0n) is 19.8. The minimum atomic E-state index is -4.82. The van der Waals surface area contributed by atoms with Crippen molar-refractivity contribution < 1.29 is 40.6 Å². The summed E-state index contributed by atoms with van der Waals surface area (Å²) in [7, 11) is 1.77. The Bertz CT molecular complexity index is 1130. The number of ether oxygens (including phenoxy) is 2. The maximum Gasteiger partial charge on any atom is 0.422 e. The molecule has 0 spiro atoms. The average Bonchev–Trinajstić information content (AvgIpc) is 3.34. The van der Waals surface area contributed by atoms with E-state index >= 15 is 0 Å². The van der Waals surface area contributed by atoms with Gasteiger partial charge in [-0.1, -0.05) is 20.8 Å². The number of halogens is 6. The molecule has 1 amide bonds. The molecule has 1 aromatic carbocycles. The molecule has 0 unspecified atom stereocenters. The van der Waals surface area contributed by atoms with Gasteiger partial charge in [0.1, 0.15) is 5.75 Å².